The normalized spacial score (nSPS) is 15.8. The lowest BCUT2D eigenvalue weighted by Crippen LogP contribution is -2.32. The molecule has 0 aromatic heterocycles. The summed E-state index contributed by atoms with van der Waals surface area (Å²) in [5, 5.41) is 16.9. The molecule has 0 spiro atoms. The summed E-state index contributed by atoms with van der Waals surface area (Å²) in [5.74, 6) is 0.999. The van der Waals surface area contributed by atoms with E-state index in [0.717, 1.165) is 17.7 Å². The van der Waals surface area contributed by atoms with Crippen molar-refractivity contribution in [2.75, 3.05) is 17.2 Å². The molecular formula is C20H22ClN3O5. The van der Waals surface area contributed by atoms with E-state index < -0.39 is 16.9 Å². The number of rotatable bonds is 7. The van der Waals surface area contributed by atoms with Gasteiger partial charge in [-0.25, -0.2) is 0 Å². The minimum Gasteiger partial charge on any atom is -0.492 e. The van der Waals surface area contributed by atoms with Crippen LogP contribution in [0.15, 0.2) is 30.3 Å². The van der Waals surface area contributed by atoms with Crippen LogP contribution in [-0.4, -0.2) is 29.6 Å². The van der Waals surface area contributed by atoms with Gasteiger partial charge >= 0.3 is 0 Å². The number of amides is 1. The largest absolute Gasteiger partial charge is 0.492 e. The van der Waals surface area contributed by atoms with Crippen molar-refractivity contribution < 1.29 is 19.2 Å². The summed E-state index contributed by atoms with van der Waals surface area (Å²) in [5.41, 5.74) is 1.71. The van der Waals surface area contributed by atoms with Crippen molar-refractivity contribution in [3.8, 4) is 11.5 Å². The number of halogens is 1. The lowest BCUT2D eigenvalue weighted by molar-refractivity contribution is -0.384. The maximum atomic E-state index is 12.6. The maximum Gasteiger partial charge on any atom is 0.271 e. The molecule has 1 aliphatic heterocycles. The second-order valence-electron chi connectivity index (χ2n) is 6.80. The average Bonchev–Trinajstić information content (AvgIpc) is 3.02. The average molecular weight is 420 g/mol. The van der Waals surface area contributed by atoms with E-state index in [1.54, 1.807) is 6.92 Å². The third-order valence-electron chi connectivity index (χ3n) is 4.48. The van der Waals surface area contributed by atoms with Crippen LogP contribution in [0, 0.1) is 10.1 Å². The number of nitro benzene ring substituents is 1. The number of benzene rings is 2. The number of non-ortho nitro benzene ring substituents is 1. The molecule has 0 saturated carbocycles. The van der Waals surface area contributed by atoms with Crippen LogP contribution in [0.5, 0.6) is 11.5 Å². The molecular weight excluding hydrogens is 398 g/mol. The Morgan fingerprint density at radius 2 is 2.14 bits per heavy atom. The number of fused-ring (bicyclic) bond motifs is 1. The molecule has 2 aromatic rings. The summed E-state index contributed by atoms with van der Waals surface area (Å²) in [7, 11) is 0. The molecule has 1 heterocycles. The first-order chi connectivity index (χ1) is 13.8. The summed E-state index contributed by atoms with van der Waals surface area (Å²) in [6.07, 6.45) is 0.892. The van der Waals surface area contributed by atoms with E-state index in [0.29, 0.717) is 18.0 Å². The zero-order valence-corrected chi connectivity index (χ0v) is 17.1. The van der Waals surface area contributed by atoms with Gasteiger partial charge in [-0.3, -0.25) is 14.9 Å². The van der Waals surface area contributed by atoms with Gasteiger partial charge < -0.3 is 20.1 Å². The molecule has 2 atom stereocenters. The van der Waals surface area contributed by atoms with E-state index in [1.165, 1.54) is 18.2 Å². The molecule has 29 heavy (non-hydrogen) atoms. The van der Waals surface area contributed by atoms with Crippen LogP contribution in [0.25, 0.3) is 0 Å². The number of nitrogens with zero attached hydrogens (tertiary/aromatic N) is 1. The van der Waals surface area contributed by atoms with Gasteiger partial charge in [0.1, 0.15) is 23.6 Å². The number of nitrogens with one attached hydrogen (secondary N) is 2. The highest BCUT2D eigenvalue weighted by molar-refractivity contribution is 6.33. The van der Waals surface area contributed by atoms with E-state index in [1.807, 2.05) is 26.0 Å². The standard InChI is InChI=1S/C20H22ClN3O5/c1-4-28-19-8-13-7-11(2)29-18(13)10-17(19)22-12(3)20(25)23-16-9-14(24(26)27)5-6-15(16)21/h5-6,8-12,22H,4,7H2,1-3H3,(H,23,25)/t11-,12+/m1/s1. The number of carbonyl (C=O) groups excluding carboxylic acids is 1. The minimum atomic E-state index is -0.665. The van der Waals surface area contributed by atoms with Crippen molar-refractivity contribution >= 4 is 34.6 Å². The molecule has 1 aliphatic rings. The van der Waals surface area contributed by atoms with Gasteiger partial charge in [0.05, 0.1) is 27.9 Å². The van der Waals surface area contributed by atoms with Gasteiger partial charge in [-0.1, -0.05) is 11.6 Å². The SMILES string of the molecule is CCOc1cc2c(cc1N[C@@H](C)C(=O)Nc1cc([N+](=O)[O-])ccc1Cl)O[C@H](C)C2. The van der Waals surface area contributed by atoms with Crippen LogP contribution < -0.4 is 20.1 Å². The molecule has 2 aromatic carbocycles. The van der Waals surface area contributed by atoms with Crippen molar-refractivity contribution in [1.82, 2.24) is 0 Å². The van der Waals surface area contributed by atoms with E-state index in [-0.39, 0.29) is 22.5 Å². The number of anilines is 2. The first-order valence-corrected chi connectivity index (χ1v) is 9.64. The van der Waals surface area contributed by atoms with Crippen LogP contribution in [0.4, 0.5) is 17.1 Å². The first-order valence-electron chi connectivity index (χ1n) is 9.26. The predicted molar refractivity (Wildman–Crippen MR) is 111 cm³/mol. The predicted octanol–water partition coefficient (Wildman–Crippen LogP) is 4.41. The Morgan fingerprint density at radius 3 is 2.83 bits per heavy atom. The summed E-state index contributed by atoms with van der Waals surface area (Å²) in [6.45, 7) is 6.03. The van der Waals surface area contributed by atoms with Crippen LogP contribution in [0.1, 0.15) is 26.3 Å². The fourth-order valence-electron chi connectivity index (χ4n) is 3.09. The maximum absolute atomic E-state index is 12.6. The molecule has 0 saturated heterocycles. The van der Waals surface area contributed by atoms with Crippen molar-refractivity contribution in [3.05, 3.63) is 51.0 Å². The van der Waals surface area contributed by atoms with Gasteiger partial charge in [-0.2, -0.15) is 0 Å². The lowest BCUT2D eigenvalue weighted by atomic mass is 10.1. The van der Waals surface area contributed by atoms with Gasteiger partial charge in [0.15, 0.2) is 0 Å². The zero-order valence-electron chi connectivity index (χ0n) is 16.3. The Hall–Kier alpha value is -3.00. The van der Waals surface area contributed by atoms with Gasteiger partial charge in [-0.15, -0.1) is 0 Å². The fourth-order valence-corrected chi connectivity index (χ4v) is 3.25. The fraction of sp³-hybridized carbons (Fsp3) is 0.350. The molecule has 0 bridgehead atoms. The van der Waals surface area contributed by atoms with Gasteiger partial charge in [-0.05, 0) is 32.9 Å². The van der Waals surface area contributed by atoms with Crippen molar-refractivity contribution in [3.63, 3.8) is 0 Å². The third kappa shape index (κ3) is 4.71. The quantitative estimate of drug-likeness (QED) is 0.509. The molecule has 0 fully saturated rings. The first kappa shape index (κ1) is 20.7. The minimum absolute atomic E-state index is 0.0893. The highest BCUT2D eigenvalue weighted by Gasteiger charge is 2.24. The second-order valence-corrected chi connectivity index (χ2v) is 7.21. The molecule has 1 amide bonds. The monoisotopic (exact) mass is 419 g/mol. The van der Waals surface area contributed by atoms with Crippen molar-refractivity contribution in [2.24, 2.45) is 0 Å². The van der Waals surface area contributed by atoms with E-state index in [9.17, 15) is 14.9 Å². The van der Waals surface area contributed by atoms with Crippen LogP contribution in [-0.2, 0) is 11.2 Å². The van der Waals surface area contributed by atoms with Crippen LogP contribution in [0.2, 0.25) is 5.02 Å². The molecule has 9 heteroatoms. The number of ether oxygens (including phenoxy) is 2. The summed E-state index contributed by atoms with van der Waals surface area (Å²) >= 11 is 6.06. The molecule has 0 radical (unpaired) electrons. The summed E-state index contributed by atoms with van der Waals surface area (Å²) in [6, 6.07) is 6.96. The van der Waals surface area contributed by atoms with E-state index >= 15 is 0 Å². The topological polar surface area (TPSA) is 103 Å². The van der Waals surface area contributed by atoms with E-state index in [2.05, 4.69) is 10.6 Å². The van der Waals surface area contributed by atoms with Crippen molar-refractivity contribution in [1.29, 1.82) is 0 Å². The Labute approximate surface area is 173 Å². The third-order valence-corrected chi connectivity index (χ3v) is 4.81. The lowest BCUT2D eigenvalue weighted by Gasteiger charge is -2.19. The number of hydrogen-bond acceptors (Lipinski definition) is 6. The highest BCUT2D eigenvalue weighted by atomic mass is 35.5. The molecule has 8 nitrogen and oxygen atoms in total. The highest BCUT2D eigenvalue weighted by Crippen LogP contribution is 2.38. The Morgan fingerprint density at radius 1 is 1.38 bits per heavy atom. The number of hydrogen-bond donors (Lipinski definition) is 2. The molecule has 154 valence electrons. The molecule has 0 unspecified atom stereocenters. The molecule has 2 N–H and O–H groups in total. The Balaban J connectivity index is 1.77. The Bertz CT molecular complexity index is 950. The second kappa shape index (κ2) is 8.57. The smallest absolute Gasteiger partial charge is 0.271 e. The zero-order chi connectivity index (χ0) is 21.1. The van der Waals surface area contributed by atoms with Gasteiger partial charge in [0.2, 0.25) is 5.91 Å². The van der Waals surface area contributed by atoms with Gasteiger partial charge in [0, 0.05) is 30.2 Å². The summed E-state index contributed by atoms with van der Waals surface area (Å²) in [4.78, 5) is 23.0. The van der Waals surface area contributed by atoms with Gasteiger partial charge in [0.25, 0.3) is 5.69 Å². The Kier molecular flexibility index (Phi) is 6.12. The molecule has 3 rings (SSSR count). The van der Waals surface area contributed by atoms with E-state index in [4.69, 9.17) is 21.1 Å². The number of nitro groups is 1. The van der Waals surface area contributed by atoms with Crippen LogP contribution in [0.3, 0.4) is 0 Å². The number of carbonyl (C=O) groups is 1. The van der Waals surface area contributed by atoms with Crippen LogP contribution >= 0.6 is 11.6 Å². The van der Waals surface area contributed by atoms with Crippen molar-refractivity contribution in [2.45, 2.75) is 39.3 Å². The summed E-state index contributed by atoms with van der Waals surface area (Å²) < 4.78 is 11.5. The molecule has 0 aliphatic carbocycles.